The van der Waals surface area contributed by atoms with Gasteiger partial charge in [0.1, 0.15) is 11.3 Å². The van der Waals surface area contributed by atoms with Crippen LogP contribution in [0.15, 0.2) is 33.5 Å². The molecule has 2 rings (SSSR count). The van der Waals surface area contributed by atoms with E-state index >= 15 is 0 Å². The minimum Gasteiger partial charge on any atom is -0.508 e. The first-order valence-electron chi connectivity index (χ1n) is 6.19. The first-order chi connectivity index (χ1) is 9.10. The Labute approximate surface area is 115 Å². The van der Waals surface area contributed by atoms with Gasteiger partial charge in [-0.2, -0.15) is 11.8 Å². The summed E-state index contributed by atoms with van der Waals surface area (Å²) in [6.07, 6.45) is 0.943. The van der Waals surface area contributed by atoms with Gasteiger partial charge in [0.25, 0.3) is 0 Å². The van der Waals surface area contributed by atoms with Crippen LogP contribution < -0.4 is 11.4 Å². The summed E-state index contributed by atoms with van der Waals surface area (Å²) in [5, 5.41) is 10.3. The molecule has 0 fully saturated rings. The Morgan fingerprint density at radius 3 is 2.95 bits per heavy atom. The van der Waals surface area contributed by atoms with Crippen molar-refractivity contribution in [1.82, 2.24) is 0 Å². The van der Waals surface area contributed by atoms with Gasteiger partial charge in [-0.3, -0.25) is 0 Å². The van der Waals surface area contributed by atoms with Gasteiger partial charge in [0.2, 0.25) is 0 Å². The molecule has 0 radical (unpaired) electrons. The smallest absolute Gasteiger partial charge is 0.336 e. The van der Waals surface area contributed by atoms with E-state index in [4.69, 9.17) is 10.2 Å². The van der Waals surface area contributed by atoms with Gasteiger partial charge < -0.3 is 15.3 Å². The number of rotatable bonds is 5. The molecule has 1 aromatic carbocycles. The Balaban J connectivity index is 2.24. The van der Waals surface area contributed by atoms with Gasteiger partial charge in [-0.1, -0.05) is 6.92 Å². The SMILES string of the molecule is CCC(N)CSCc1cc(=O)oc2cc(O)ccc12. The zero-order valence-corrected chi connectivity index (χ0v) is 11.6. The summed E-state index contributed by atoms with van der Waals surface area (Å²) in [5.41, 5.74) is 6.81. The standard InChI is InChI=1S/C14H17NO3S/c1-2-10(15)8-19-7-9-5-14(17)18-13-6-11(16)3-4-12(9)13/h3-6,10,16H,2,7-8,15H2,1H3. The molecule has 0 aliphatic carbocycles. The molecule has 19 heavy (non-hydrogen) atoms. The highest BCUT2D eigenvalue weighted by atomic mass is 32.2. The quantitative estimate of drug-likeness (QED) is 0.822. The predicted octanol–water partition coefficient (Wildman–Crippen LogP) is 2.47. The van der Waals surface area contributed by atoms with Crippen molar-refractivity contribution in [3.63, 3.8) is 0 Å². The van der Waals surface area contributed by atoms with Crippen molar-refractivity contribution in [2.24, 2.45) is 5.73 Å². The van der Waals surface area contributed by atoms with Crippen molar-refractivity contribution in [3.8, 4) is 5.75 Å². The summed E-state index contributed by atoms with van der Waals surface area (Å²) in [6, 6.07) is 6.50. The van der Waals surface area contributed by atoms with Crippen molar-refractivity contribution in [3.05, 3.63) is 40.2 Å². The third-order valence-electron chi connectivity index (χ3n) is 2.93. The molecule has 102 valence electrons. The van der Waals surface area contributed by atoms with Crippen LogP contribution in [-0.4, -0.2) is 16.9 Å². The number of hydrogen-bond donors (Lipinski definition) is 2. The first-order valence-corrected chi connectivity index (χ1v) is 7.34. The number of benzene rings is 1. The molecular formula is C14H17NO3S. The van der Waals surface area contributed by atoms with Crippen LogP contribution in [0.1, 0.15) is 18.9 Å². The van der Waals surface area contributed by atoms with E-state index in [-0.39, 0.29) is 11.8 Å². The van der Waals surface area contributed by atoms with Crippen LogP contribution in [0.25, 0.3) is 11.0 Å². The lowest BCUT2D eigenvalue weighted by Gasteiger charge is -2.09. The summed E-state index contributed by atoms with van der Waals surface area (Å²) >= 11 is 1.70. The molecule has 2 aromatic rings. The van der Waals surface area contributed by atoms with E-state index in [9.17, 15) is 9.90 Å². The normalized spacial score (nSPS) is 12.7. The maximum Gasteiger partial charge on any atom is 0.336 e. The number of fused-ring (bicyclic) bond motifs is 1. The molecule has 4 nitrogen and oxygen atoms in total. The molecule has 0 aliphatic rings. The maximum absolute atomic E-state index is 11.5. The molecule has 5 heteroatoms. The maximum atomic E-state index is 11.5. The van der Waals surface area contributed by atoms with Crippen LogP contribution >= 0.6 is 11.8 Å². The van der Waals surface area contributed by atoms with Crippen molar-refractivity contribution in [2.75, 3.05) is 5.75 Å². The van der Waals surface area contributed by atoms with E-state index in [1.54, 1.807) is 23.9 Å². The largest absolute Gasteiger partial charge is 0.508 e. The van der Waals surface area contributed by atoms with E-state index in [0.717, 1.165) is 23.1 Å². The molecule has 0 aliphatic heterocycles. The second-order valence-corrected chi connectivity index (χ2v) is 5.48. The molecule has 1 aromatic heterocycles. The van der Waals surface area contributed by atoms with Crippen LogP contribution in [0.3, 0.4) is 0 Å². The fourth-order valence-corrected chi connectivity index (χ4v) is 2.89. The number of aromatic hydroxyl groups is 1. The lowest BCUT2D eigenvalue weighted by Crippen LogP contribution is -2.21. The van der Waals surface area contributed by atoms with E-state index in [0.29, 0.717) is 11.3 Å². The fraction of sp³-hybridized carbons (Fsp3) is 0.357. The summed E-state index contributed by atoms with van der Waals surface area (Å²) in [6.45, 7) is 2.06. The summed E-state index contributed by atoms with van der Waals surface area (Å²) in [5.74, 6) is 1.66. The Bertz CT molecular complexity index is 624. The number of hydrogen-bond acceptors (Lipinski definition) is 5. The average Bonchev–Trinajstić information content (AvgIpc) is 2.37. The molecule has 0 bridgehead atoms. The zero-order valence-electron chi connectivity index (χ0n) is 10.8. The van der Waals surface area contributed by atoms with Crippen molar-refractivity contribution < 1.29 is 9.52 Å². The Morgan fingerprint density at radius 1 is 1.42 bits per heavy atom. The molecule has 0 saturated heterocycles. The third kappa shape index (κ3) is 3.52. The van der Waals surface area contributed by atoms with Gasteiger partial charge in [-0.25, -0.2) is 4.79 Å². The number of nitrogens with two attached hydrogens (primary N) is 1. The van der Waals surface area contributed by atoms with Gasteiger partial charge in [-0.05, 0) is 24.1 Å². The van der Waals surface area contributed by atoms with Gasteiger partial charge in [0.15, 0.2) is 0 Å². The van der Waals surface area contributed by atoms with E-state index in [1.807, 2.05) is 0 Å². The third-order valence-corrected chi connectivity index (χ3v) is 4.11. The average molecular weight is 279 g/mol. The Morgan fingerprint density at radius 2 is 2.21 bits per heavy atom. The van der Waals surface area contributed by atoms with Crippen molar-refractivity contribution in [1.29, 1.82) is 0 Å². The molecule has 1 heterocycles. The van der Waals surface area contributed by atoms with Gasteiger partial charge in [0.05, 0.1) is 0 Å². The summed E-state index contributed by atoms with van der Waals surface area (Å²) < 4.78 is 5.08. The van der Waals surface area contributed by atoms with E-state index in [2.05, 4.69) is 6.92 Å². The number of phenols is 1. The molecule has 3 N–H and O–H groups in total. The minimum atomic E-state index is -0.395. The molecule has 1 atom stereocenters. The Hall–Kier alpha value is -1.46. The van der Waals surface area contributed by atoms with Crippen molar-refractivity contribution >= 4 is 22.7 Å². The molecule has 0 spiro atoms. The molecular weight excluding hydrogens is 262 g/mol. The highest BCUT2D eigenvalue weighted by molar-refractivity contribution is 7.98. The summed E-state index contributed by atoms with van der Waals surface area (Å²) in [4.78, 5) is 11.5. The van der Waals surface area contributed by atoms with Crippen LogP contribution in [0.5, 0.6) is 5.75 Å². The highest BCUT2D eigenvalue weighted by Gasteiger charge is 2.07. The number of phenolic OH excluding ortho intramolecular Hbond substituents is 1. The first kappa shape index (κ1) is 14.0. The van der Waals surface area contributed by atoms with E-state index in [1.165, 1.54) is 12.1 Å². The van der Waals surface area contributed by atoms with Gasteiger partial charge in [0, 0.05) is 35.1 Å². The fourth-order valence-electron chi connectivity index (χ4n) is 1.78. The molecule has 0 amide bonds. The second-order valence-electron chi connectivity index (χ2n) is 4.45. The van der Waals surface area contributed by atoms with E-state index < -0.39 is 5.63 Å². The highest BCUT2D eigenvalue weighted by Crippen LogP contribution is 2.24. The van der Waals surface area contributed by atoms with Crippen molar-refractivity contribution in [2.45, 2.75) is 25.1 Å². The van der Waals surface area contributed by atoms with Gasteiger partial charge in [-0.15, -0.1) is 0 Å². The zero-order chi connectivity index (χ0) is 13.8. The topological polar surface area (TPSA) is 76.5 Å². The Kier molecular flexibility index (Phi) is 4.50. The lowest BCUT2D eigenvalue weighted by molar-refractivity contribution is 0.473. The van der Waals surface area contributed by atoms with Crippen LogP contribution in [0.4, 0.5) is 0 Å². The molecule has 1 unspecified atom stereocenters. The monoisotopic (exact) mass is 279 g/mol. The lowest BCUT2D eigenvalue weighted by atomic mass is 10.1. The predicted molar refractivity (Wildman–Crippen MR) is 78.6 cm³/mol. The number of thioether (sulfide) groups is 1. The van der Waals surface area contributed by atoms with Gasteiger partial charge >= 0.3 is 5.63 Å². The van der Waals surface area contributed by atoms with Crippen LogP contribution in [0.2, 0.25) is 0 Å². The van der Waals surface area contributed by atoms with Crippen LogP contribution in [0, 0.1) is 0 Å². The molecule has 0 saturated carbocycles. The minimum absolute atomic E-state index is 0.0912. The second kappa shape index (κ2) is 6.12. The van der Waals surface area contributed by atoms with Crippen LogP contribution in [-0.2, 0) is 5.75 Å². The summed E-state index contributed by atoms with van der Waals surface area (Å²) in [7, 11) is 0.